The van der Waals surface area contributed by atoms with Gasteiger partial charge in [-0.25, -0.2) is 0 Å². The highest BCUT2D eigenvalue weighted by Crippen LogP contribution is 2.32. The number of hydrogen-bond donors (Lipinski definition) is 0. The van der Waals surface area contributed by atoms with E-state index >= 15 is 0 Å². The molecule has 0 fully saturated rings. The van der Waals surface area contributed by atoms with E-state index in [4.69, 9.17) is 9.47 Å². The Labute approximate surface area is 151 Å². The highest BCUT2D eigenvalue weighted by molar-refractivity contribution is 6.22. The fourth-order valence-electron chi connectivity index (χ4n) is 3.32. The van der Waals surface area contributed by atoms with Gasteiger partial charge < -0.3 is 9.47 Å². The van der Waals surface area contributed by atoms with Crippen molar-refractivity contribution >= 4 is 27.3 Å². The molecule has 4 rings (SSSR count). The molecule has 3 heteroatoms. The highest BCUT2D eigenvalue weighted by atomic mass is 16.5. The molecular formula is C23H18O3. The summed E-state index contributed by atoms with van der Waals surface area (Å²) in [6.07, 6.45) is 0. The second kappa shape index (κ2) is 6.52. The molecule has 0 heterocycles. The summed E-state index contributed by atoms with van der Waals surface area (Å²) in [5.74, 6) is 1.46. The summed E-state index contributed by atoms with van der Waals surface area (Å²) >= 11 is 0. The van der Waals surface area contributed by atoms with Gasteiger partial charge in [-0.2, -0.15) is 0 Å². The molecular weight excluding hydrogens is 324 g/mol. The van der Waals surface area contributed by atoms with Crippen molar-refractivity contribution in [2.45, 2.75) is 0 Å². The van der Waals surface area contributed by atoms with Crippen LogP contribution in [0.3, 0.4) is 0 Å². The minimum Gasteiger partial charge on any atom is -0.497 e. The van der Waals surface area contributed by atoms with Crippen LogP contribution in [-0.4, -0.2) is 20.0 Å². The van der Waals surface area contributed by atoms with Crippen LogP contribution >= 0.6 is 0 Å². The molecule has 4 aromatic carbocycles. The van der Waals surface area contributed by atoms with Crippen molar-refractivity contribution in [3.8, 4) is 11.5 Å². The van der Waals surface area contributed by atoms with Gasteiger partial charge in [-0.15, -0.1) is 0 Å². The maximum absolute atomic E-state index is 13.2. The molecule has 0 saturated carbocycles. The number of carbonyl (C=O) groups is 1. The van der Waals surface area contributed by atoms with Crippen LogP contribution in [0, 0.1) is 0 Å². The van der Waals surface area contributed by atoms with Crippen molar-refractivity contribution in [2.24, 2.45) is 0 Å². The quantitative estimate of drug-likeness (QED) is 0.376. The van der Waals surface area contributed by atoms with Gasteiger partial charge in [-0.1, -0.05) is 42.5 Å². The summed E-state index contributed by atoms with van der Waals surface area (Å²) < 4.78 is 10.6. The van der Waals surface area contributed by atoms with Crippen molar-refractivity contribution < 1.29 is 14.3 Å². The molecule has 0 amide bonds. The van der Waals surface area contributed by atoms with Crippen LogP contribution in [-0.2, 0) is 0 Å². The minimum atomic E-state index is -0.0159. The van der Waals surface area contributed by atoms with E-state index in [1.54, 1.807) is 20.3 Å². The first-order chi connectivity index (χ1) is 12.7. The molecule has 0 aliphatic carbocycles. The molecule has 0 aliphatic heterocycles. The molecule has 0 N–H and O–H groups in total. The van der Waals surface area contributed by atoms with Crippen molar-refractivity contribution in [3.05, 3.63) is 83.9 Å². The van der Waals surface area contributed by atoms with Crippen molar-refractivity contribution in [3.63, 3.8) is 0 Å². The Kier molecular flexibility index (Phi) is 4.05. The Balaban J connectivity index is 1.98. The third-order valence-electron chi connectivity index (χ3n) is 4.64. The molecule has 3 nitrogen and oxygen atoms in total. The topological polar surface area (TPSA) is 35.5 Å². The van der Waals surface area contributed by atoms with Crippen molar-refractivity contribution in [1.82, 2.24) is 0 Å². The Morgan fingerprint density at radius 2 is 1.42 bits per heavy atom. The number of methoxy groups -OCH3 is 2. The lowest BCUT2D eigenvalue weighted by atomic mass is 9.92. The number of ketones is 1. The van der Waals surface area contributed by atoms with Crippen LogP contribution in [0.2, 0.25) is 0 Å². The van der Waals surface area contributed by atoms with Gasteiger partial charge in [-0.05, 0) is 51.9 Å². The zero-order valence-electron chi connectivity index (χ0n) is 14.7. The van der Waals surface area contributed by atoms with E-state index in [-0.39, 0.29) is 5.78 Å². The van der Waals surface area contributed by atoms with E-state index in [0.717, 1.165) is 27.3 Å². The van der Waals surface area contributed by atoms with Gasteiger partial charge in [0.2, 0.25) is 0 Å². The maximum atomic E-state index is 13.2. The molecule has 4 aromatic rings. The van der Waals surface area contributed by atoms with Crippen LogP contribution in [0.25, 0.3) is 21.5 Å². The lowest BCUT2D eigenvalue weighted by molar-refractivity contribution is 0.104. The van der Waals surface area contributed by atoms with Crippen LogP contribution in [0.5, 0.6) is 11.5 Å². The van der Waals surface area contributed by atoms with Gasteiger partial charge in [0.1, 0.15) is 11.5 Å². The maximum Gasteiger partial charge on any atom is 0.193 e. The van der Waals surface area contributed by atoms with Gasteiger partial charge in [0.15, 0.2) is 5.78 Å². The van der Waals surface area contributed by atoms with E-state index in [9.17, 15) is 4.79 Å². The molecule has 128 valence electrons. The van der Waals surface area contributed by atoms with Crippen LogP contribution in [0.1, 0.15) is 15.9 Å². The first-order valence-electron chi connectivity index (χ1n) is 8.39. The molecule has 0 spiro atoms. The first kappa shape index (κ1) is 16.2. The predicted molar refractivity (Wildman–Crippen MR) is 104 cm³/mol. The fourth-order valence-corrected chi connectivity index (χ4v) is 3.32. The number of hydrogen-bond acceptors (Lipinski definition) is 3. The second-order valence-electron chi connectivity index (χ2n) is 6.12. The summed E-state index contributed by atoms with van der Waals surface area (Å²) in [5, 5.41) is 4.05. The van der Waals surface area contributed by atoms with E-state index < -0.39 is 0 Å². The van der Waals surface area contributed by atoms with Crippen LogP contribution < -0.4 is 9.47 Å². The zero-order chi connectivity index (χ0) is 18.1. The highest BCUT2D eigenvalue weighted by Gasteiger charge is 2.15. The number of benzene rings is 4. The average Bonchev–Trinajstić information content (AvgIpc) is 2.72. The normalized spacial score (nSPS) is 10.8. The van der Waals surface area contributed by atoms with E-state index in [0.29, 0.717) is 16.9 Å². The lowest BCUT2D eigenvalue weighted by Gasteiger charge is -2.11. The molecule has 0 atom stereocenters. The molecule has 0 aliphatic rings. The second-order valence-corrected chi connectivity index (χ2v) is 6.12. The lowest BCUT2D eigenvalue weighted by Crippen LogP contribution is -2.03. The smallest absolute Gasteiger partial charge is 0.193 e. The summed E-state index contributed by atoms with van der Waals surface area (Å²) in [5.41, 5.74) is 1.30. The summed E-state index contributed by atoms with van der Waals surface area (Å²) in [7, 11) is 3.26. The molecule has 0 saturated heterocycles. The first-order valence-corrected chi connectivity index (χ1v) is 8.39. The third kappa shape index (κ3) is 2.68. The monoisotopic (exact) mass is 342 g/mol. The molecule has 0 aromatic heterocycles. The van der Waals surface area contributed by atoms with Gasteiger partial charge in [0.05, 0.1) is 14.2 Å². The van der Waals surface area contributed by atoms with Crippen LogP contribution in [0.4, 0.5) is 0 Å². The van der Waals surface area contributed by atoms with Crippen molar-refractivity contribution in [2.75, 3.05) is 14.2 Å². The zero-order valence-corrected chi connectivity index (χ0v) is 14.7. The Morgan fingerprint density at radius 1 is 0.692 bits per heavy atom. The Hall–Kier alpha value is -3.33. The third-order valence-corrected chi connectivity index (χ3v) is 4.64. The van der Waals surface area contributed by atoms with Crippen LogP contribution in [0.15, 0.2) is 72.8 Å². The van der Waals surface area contributed by atoms with E-state index in [1.807, 2.05) is 66.7 Å². The molecule has 0 unspecified atom stereocenters. The summed E-state index contributed by atoms with van der Waals surface area (Å²) in [4.78, 5) is 13.2. The van der Waals surface area contributed by atoms with Gasteiger partial charge in [0.25, 0.3) is 0 Å². The largest absolute Gasteiger partial charge is 0.497 e. The minimum absolute atomic E-state index is 0.0159. The average molecular weight is 342 g/mol. The predicted octanol–water partition coefficient (Wildman–Crippen LogP) is 5.24. The van der Waals surface area contributed by atoms with E-state index in [2.05, 4.69) is 0 Å². The Bertz CT molecular complexity index is 1130. The van der Waals surface area contributed by atoms with Crippen molar-refractivity contribution in [1.29, 1.82) is 0 Å². The summed E-state index contributed by atoms with van der Waals surface area (Å²) in [6, 6.07) is 23.1. The van der Waals surface area contributed by atoms with Gasteiger partial charge in [0, 0.05) is 11.1 Å². The molecule has 0 radical (unpaired) electrons. The van der Waals surface area contributed by atoms with Gasteiger partial charge in [-0.3, -0.25) is 4.79 Å². The standard InChI is InChI=1S/C23H18O3/c1-25-17-7-5-6-16(12-17)23(24)22-13-15-10-11-18(26-2)14-21(15)19-8-3-4-9-20(19)22/h3-14H,1-2H3. The van der Waals surface area contributed by atoms with Gasteiger partial charge >= 0.3 is 0 Å². The summed E-state index contributed by atoms with van der Waals surface area (Å²) in [6.45, 7) is 0. The molecule has 0 bridgehead atoms. The number of fused-ring (bicyclic) bond motifs is 3. The number of rotatable bonds is 4. The Morgan fingerprint density at radius 3 is 2.19 bits per heavy atom. The fraction of sp³-hybridized carbons (Fsp3) is 0.0870. The number of ether oxygens (including phenoxy) is 2. The molecule has 26 heavy (non-hydrogen) atoms. The number of carbonyl (C=O) groups excluding carboxylic acids is 1. The SMILES string of the molecule is COc1cccc(C(=O)c2cc3ccc(OC)cc3c3ccccc23)c1. The van der Waals surface area contributed by atoms with E-state index in [1.165, 1.54) is 0 Å².